The van der Waals surface area contributed by atoms with Crippen LogP contribution in [0.4, 0.5) is 5.69 Å². The molecular weight excluding hydrogens is 374 g/mol. The van der Waals surface area contributed by atoms with E-state index in [1.807, 2.05) is 12.1 Å². The summed E-state index contributed by atoms with van der Waals surface area (Å²) in [6.45, 7) is 1.93. The number of anilines is 1. The number of carbonyl (C=O) groups is 2. The molecule has 0 radical (unpaired) electrons. The van der Waals surface area contributed by atoms with E-state index in [2.05, 4.69) is 21.2 Å². The minimum Gasteiger partial charge on any atom is -0.449 e. The molecule has 0 spiro atoms. The van der Waals surface area contributed by atoms with Gasteiger partial charge in [0.1, 0.15) is 0 Å². The second-order valence-electron chi connectivity index (χ2n) is 5.18. The third kappa shape index (κ3) is 5.18. The zero-order valence-corrected chi connectivity index (χ0v) is 15.0. The summed E-state index contributed by atoms with van der Waals surface area (Å²) in [5.74, 6) is -0.945. The quantitative estimate of drug-likeness (QED) is 0.760. The summed E-state index contributed by atoms with van der Waals surface area (Å²) < 4.78 is 11.1. The summed E-state index contributed by atoms with van der Waals surface area (Å²) in [6, 6.07) is 14.1. The molecule has 0 bridgehead atoms. The van der Waals surface area contributed by atoms with Crippen LogP contribution in [0, 0.1) is 0 Å². The number of hydrogen-bond acceptors (Lipinski definition) is 4. The topological polar surface area (TPSA) is 64.6 Å². The van der Waals surface area contributed by atoms with E-state index in [4.69, 9.17) is 9.47 Å². The maximum Gasteiger partial charge on any atom is 0.338 e. The fourth-order valence-electron chi connectivity index (χ4n) is 2.05. The second kappa shape index (κ2) is 8.61. The van der Waals surface area contributed by atoms with E-state index in [1.165, 1.54) is 6.92 Å². The van der Waals surface area contributed by atoms with Crippen LogP contribution in [0.25, 0.3) is 0 Å². The molecule has 2 rings (SSSR count). The lowest BCUT2D eigenvalue weighted by Crippen LogP contribution is -2.30. The Hall–Kier alpha value is -2.18. The predicted molar refractivity (Wildman–Crippen MR) is 94.8 cm³/mol. The molecular formula is C18H18BrNO4. The number of amides is 1. The van der Waals surface area contributed by atoms with Crippen molar-refractivity contribution in [3.05, 3.63) is 64.1 Å². The Labute approximate surface area is 149 Å². The molecule has 0 aliphatic heterocycles. The molecule has 2 aromatic rings. The van der Waals surface area contributed by atoms with Crippen molar-refractivity contribution < 1.29 is 19.1 Å². The zero-order chi connectivity index (χ0) is 17.5. The first kappa shape index (κ1) is 18.2. The number of benzene rings is 2. The predicted octanol–water partition coefficient (Wildman–Crippen LogP) is 3.78. The maximum atomic E-state index is 12.2. The van der Waals surface area contributed by atoms with Gasteiger partial charge in [-0.3, -0.25) is 4.79 Å². The highest BCUT2D eigenvalue weighted by Gasteiger charge is 2.19. The molecule has 24 heavy (non-hydrogen) atoms. The summed E-state index contributed by atoms with van der Waals surface area (Å²) in [5, 5.41) is 2.70. The van der Waals surface area contributed by atoms with Gasteiger partial charge < -0.3 is 14.8 Å². The van der Waals surface area contributed by atoms with E-state index in [9.17, 15) is 9.59 Å². The van der Waals surface area contributed by atoms with Crippen LogP contribution in [0.15, 0.2) is 53.0 Å². The normalized spacial score (nSPS) is 11.6. The second-order valence-corrected chi connectivity index (χ2v) is 6.10. The van der Waals surface area contributed by atoms with Gasteiger partial charge in [-0.05, 0) is 42.8 Å². The van der Waals surface area contributed by atoms with Gasteiger partial charge in [0.2, 0.25) is 0 Å². The number of carbonyl (C=O) groups excluding carboxylic acids is 2. The van der Waals surface area contributed by atoms with Gasteiger partial charge in [-0.2, -0.15) is 0 Å². The Morgan fingerprint density at radius 1 is 1.17 bits per heavy atom. The van der Waals surface area contributed by atoms with Crippen molar-refractivity contribution in [3.8, 4) is 0 Å². The van der Waals surface area contributed by atoms with Gasteiger partial charge >= 0.3 is 5.97 Å². The lowest BCUT2D eigenvalue weighted by Gasteiger charge is -2.14. The average molecular weight is 392 g/mol. The van der Waals surface area contributed by atoms with Gasteiger partial charge in [0.05, 0.1) is 12.2 Å². The summed E-state index contributed by atoms with van der Waals surface area (Å²) in [4.78, 5) is 24.3. The Morgan fingerprint density at radius 3 is 2.62 bits per heavy atom. The van der Waals surface area contributed by atoms with E-state index >= 15 is 0 Å². The van der Waals surface area contributed by atoms with Crippen molar-refractivity contribution in [1.82, 2.24) is 0 Å². The van der Waals surface area contributed by atoms with Crippen molar-refractivity contribution in [2.45, 2.75) is 19.6 Å². The molecule has 0 heterocycles. The monoisotopic (exact) mass is 391 g/mol. The van der Waals surface area contributed by atoms with Gasteiger partial charge in [-0.25, -0.2) is 4.79 Å². The molecule has 2 aromatic carbocycles. The molecule has 0 saturated carbocycles. The molecule has 126 valence electrons. The minimum atomic E-state index is -0.914. The molecule has 6 heteroatoms. The Balaban J connectivity index is 1.97. The van der Waals surface area contributed by atoms with E-state index in [0.717, 1.165) is 10.0 Å². The number of hydrogen-bond donors (Lipinski definition) is 1. The highest BCUT2D eigenvalue weighted by Crippen LogP contribution is 2.16. The smallest absolute Gasteiger partial charge is 0.338 e. The van der Waals surface area contributed by atoms with Crippen molar-refractivity contribution in [2.24, 2.45) is 0 Å². The van der Waals surface area contributed by atoms with Gasteiger partial charge in [0.15, 0.2) is 6.10 Å². The van der Waals surface area contributed by atoms with Crippen molar-refractivity contribution >= 4 is 33.5 Å². The Kier molecular flexibility index (Phi) is 6.52. The van der Waals surface area contributed by atoms with Crippen LogP contribution < -0.4 is 5.32 Å². The Morgan fingerprint density at radius 2 is 1.92 bits per heavy atom. The van der Waals surface area contributed by atoms with E-state index in [1.54, 1.807) is 43.5 Å². The lowest BCUT2D eigenvalue weighted by atomic mass is 10.1. The van der Waals surface area contributed by atoms with Crippen LogP contribution in [0.2, 0.25) is 0 Å². The molecule has 0 unspecified atom stereocenters. The SMILES string of the molecule is COCc1cccc(C(=O)O[C@H](C)C(=O)Nc2cccc(Br)c2)c1. The third-order valence-corrected chi connectivity index (χ3v) is 3.71. The fraction of sp³-hybridized carbons (Fsp3) is 0.222. The molecule has 1 N–H and O–H groups in total. The number of methoxy groups -OCH3 is 1. The van der Waals surface area contributed by atoms with Gasteiger partial charge in [0, 0.05) is 17.3 Å². The largest absolute Gasteiger partial charge is 0.449 e. The van der Waals surface area contributed by atoms with Crippen LogP contribution >= 0.6 is 15.9 Å². The highest BCUT2D eigenvalue weighted by molar-refractivity contribution is 9.10. The third-order valence-electron chi connectivity index (χ3n) is 3.22. The van der Waals surface area contributed by atoms with Crippen LogP contribution in [0.3, 0.4) is 0 Å². The summed E-state index contributed by atoms with van der Waals surface area (Å²) in [5.41, 5.74) is 1.87. The summed E-state index contributed by atoms with van der Waals surface area (Å²) in [6.07, 6.45) is -0.914. The maximum absolute atomic E-state index is 12.2. The minimum absolute atomic E-state index is 0.381. The highest BCUT2D eigenvalue weighted by atomic mass is 79.9. The van der Waals surface area contributed by atoms with E-state index in [-0.39, 0.29) is 0 Å². The standard InChI is InChI=1S/C18H18BrNO4/c1-12(17(21)20-16-8-4-7-15(19)10-16)24-18(22)14-6-3-5-13(9-14)11-23-2/h3-10,12H,11H2,1-2H3,(H,20,21)/t12-/m1/s1. The van der Waals surface area contributed by atoms with Gasteiger partial charge in [-0.1, -0.05) is 34.1 Å². The van der Waals surface area contributed by atoms with Crippen LogP contribution in [-0.2, 0) is 20.9 Å². The first-order chi connectivity index (χ1) is 11.5. The lowest BCUT2D eigenvalue weighted by molar-refractivity contribution is -0.123. The number of esters is 1. The van der Waals surface area contributed by atoms with E-state index in [0.29, 0.717) is 17.9 Å². The molecule has 0 fully saturated rings. The molecule has 0 aliphatic rings. The molecule has 1 amide bonds. The van der Waals surface area contributed by atoms with Gasteiger partial charge in [-0.15, -0.1) is 0 Å². The number of nitrogens with one attached hydrogen (secondary N) is 1. The van der Waals surface area contributed by atoms with Crippen LogP contribution in [0.5, 0.6) is 0 Å². The fourth-order valence-corrected chi connectivity index (χ4v) is 2.45. The molecule has 5 nitrogen and oxygen atoms in total. The molecule has 0 aliphatic carbocycles. The first-order valence-corrected chi connectivity index (χ1v) is 8.14. The van der Waals surface area contributed by atoms with E-state index < -0.39 is 18.0 Å². The van der Waals surface area contributed by atoms with Crippen LogP contribution in [0.1, 0.15) is 22.8 Å². The summed E-state index contributed by atoms with van der Waals surface area (Å²) in [7, 11) is 1.58. The zero-order valence-electron chi connectivity index (χ0n) is 13.4. The van der Waals surface area contributed by atoms with Crippen LogP contribution in [-0.4, -0.2) is 25.1 Å². The first-order valence-electron chi connectivity index (χ1n) is 7.35. The summed E-state index contributed by atoms with van der Waals surface area (Å²) >= 11 is 3.33. The molecule has 0 saturated heterocycles. The Bertz CT molecular complexity index is 732. The van der Waals surface area contributed by atoms with Crippen molar-refractivity contribution in [1.29, 1.82) is 0 Å². The van der Waals surface area contributed by atoms with Crippen molar-refractivity contribution in [3.63, 3.8) is 0 Å². The number of ether oxygens (including phenoxy) is 2. The van der Waals surface area contributed by atoms with Crippen molar-refractivity contribution in [2.75, 3.05) is 12.4 Å². The average Bonchev–Trinajstić information content (AvgIpc) is 2.55. The number of halogens is 1. The van der Waals surface area contributed by atoms with Gasteiger partial charge in [0.25, 0.3) is 5.91 Å². The molecule has 1 atom stereocenters. The number of rotatable bonds is 6. The molecule has 0 aromatic heterocycles.